The summed E-state index contributed by atoms with van der Waals surface area (Å²) < 4.78 is 5.18. The quantitative estimate of drug-likeness (QED) is 0.777. The second kappa shape index (κ2) is 7.79. The van der Waals surface area contributed by atoms with Gasteiger partial charge in [-0.2, -0.15) is 5.26 Å². The number of benzene rings is 1. The third kappa shape index (κ3) is 4.45. The molecule has 0 atom stereocenters. The van der Waals surface area contributed by atoms with E-state index in [1.54, 1.807) is 24.3 Å². The van der Waals surface area contributed by atoms with Crippen LogP contribution in [0.3, 0.4) is 0 Å². The molecule has 22 heavy (non-hydrogen) atoms. The van der Waals surface area contributed by atoms with Crippen molar-refractivity contribution in [3.05, 3.63) is 63.4 Å². The molecule has 0 aliphatic heterocycles. The van der Waals surface area contributed by atoms with Gasteiger partial charge in [0.25, 0.3) is 0 Å². The first-order valence-corrected chi connectivity index (χ1v) is 7.28. The minimum atomic E-state index is -0.355. The molecule has 0 fully saturated rings. The van der Waals surface area contributed by atoms with Gasteiger partial charge < -0.3 is 4.74 Å². The minimum Gasteiger partial charge on any atom is -0.461 e. The van der Waals surface area contributed by atoms with E-state index in [-0.39, 0.29) is 19.0 Å². The summed E-state index contributed by atoms with van der Waals surface area (Å²) in [5.74, 6) is -0.355. The van der Waals surface area contributed by atoms with Crippen LogP contribution in [0.15, 0.2) is 36.7 Å². The maximum Gasteiger partial charge on any atom is 0.306 e. The first kappa shape index (κ1) is 16.3. The summed E-state index contributed by atoms with van der Waals surface area (Å²) >= 11 is 12.0. The standard InChI is InChI=1S/C16H12Cl2N2O2/c17-14-8-20-9-15(18)13(14)4-5-16(21)22-10-12-3-1-2-11(6-12)7-19/h1-3,6,8-9H,4-5,10H2. The van der Waals surface area contributed by atoms with E-state index in [9.17, 15) is 4.79 Å². The molecule has 1 aromatic carbocycles. The topological polar surface area (TPSA) is 63.0 Å². The fourth-order valence-electron chi connectivity index (χ4n) is 1.87. The molecule has 112 valence electrons. The van der Waals surface area contributed by atoms with E-state index in [1.165, 1.54) is 12.4 Å². The Kier molecular flexibility index (Phi) is 5.76. The second-order valence-corrected chi connectivity index (χ2v) is 5.37. The normalized spacial score (nSPS) is 10.0. The summed E-state index contributed by atoms with van der Waals surface area (Å²) in [5.41, 5.74) is 1.98. The molecule has 0 aliphatic carbocycles. The number of halogens is 2. The van der Waals surface area contributed by atoms with Gasteiger partial charge in [-0.1, -0.05) is 35.3 Å². The summed E-state index contributed by atoms with van der Waals surface area (Å²) in [6, 6.07) is 8.96. The van der Waals surface area contributed by atoms with E-state index in [0.29, 0.717) is 27.6 Å². The highest BCUT2D eigenvalue weighted by molar-refractivity contribution is 6.35. The highest BCUT2D eigenvalue weighted by Gasteiger charge is 2.10. The van der Waals surface area contributed by atoms with E-state index in [4.69, 9.17) is 33.2 Å². The molecule has 1 aromatic heterocycles. The number of hydrogen-bond acceptors (Lipinski definition) is 4. The van der Waals surface area contributed by atoms with Crippen molar-refractivity contribution in [1.29, 1.82) is 5.26 Å². The Labute approximate surface area is 138 Å². The summed E-state index contributed by atoms with van der Waals surface area (Å²) in [4.78, 5) is 15.6. The largest absolute Gasteiger partial charge is 0.461 e. The lowest BCUT2D eigenvalue weighted by atomic mass is 10.1. The summed E-state index contributed by atoms with van der Waals surface area (Å²) in [6.45, 7) is 0.131. The lowest BCUT2D eigenvalue weighted by Crippen LogP contribution is -2.06. The number of nitriles is 1. The summed E-state index contributed by atoms with van der Waals surface area (Å²) in [6.07, 6.45) is 3.53. The molecule has 6 heteroatoms. The second-order valence-electron chi connectivity index (χ2n) is 4.55. The average molecular weight is 335 g/mol. The Morgan fingerprint density at radius 3 is 2.68 bits per heavy atom. The predicted molar refractivity (Wildman–Crippen MR) is 83.5 cm³/mol. The first-order valence-electron chi connectivity index (χ1n) is 6.52. The number of hydrogen-bond donors (Lipinski definition) is 0. The molecule has 0 saturated heterocycles. The molecule has 0 unspecified atom stereocenters. The zero-order chi connectivity index (χ0) is 15.9. The van der Waals surface area contributed by atoms with Crippen LogP contribution >= 0.6 is 23.2 Å². The van der Waals surface area contributed by atoms with Gasteiger partial charge in [-0.3, -0.25) is 9.78 Å². The van der Waals surface area contributed by atoms with Crippen molar-refractivity contribution >= 4 is 29.2 Å². The Morgan fingerprint density at radius 2 is 2.00 bits per heavy atom. The SMILES string of the molecule is N#Cc1cccc(COC(=O)CCc2c(Cl)cncc2Cl)c1. The zero-order valence-corrected chi connectivity index (χ0v) is 13.1. The molecule has 1 heterocycles. The highest BCUT2D eigenvalue weighted by Crippen LogP contribution is 2.24. The van der Waals surface area contributed by atoms with Crippen LogP contribution in [0.2, 0.25) is 10.0 Å². The number of nitrogens with zero attached hydrogens (tertiary/aromatic N) is 2. The van der Waals surface area contributed by atoms with Gasteiger partial charge in [-0.15, -0.1) is 0 Å². The zero-order valence-electron chi connectivity index (χ0n) is 11.6. The maximum absolute atomic E-state index is 11.8. The number of esters is 1. The fraction of sp³-hybridized carbons (Fsp3) is 0.188. The number of rotatable bonds is 5. The molecule has 0 saturated carbocycles. The van der Waals surface area contributed by atoms with Crippen LogP contribution in [0.1, 0.15) is 23.1 Å². The van der Waals surface area contributed by atoms with E-state index in [2.05, 4.69) is 4.98 Å². The van der Waals surface area contributed by atoms with Gasteiger partial charge in [-0.05, 0) is 29.7 Å². The van der Waals surface area contributed by atoms with Gasteiger partial charge in [0, 0.05) is 18.8 Å². The number of carbonyl (C=O) groups excluding carboxylic acids is 1. The van der Waals surface area contributed by atoms with Crippen molar-refractivity contribution in [2.75, 3.05) is 0 Å². The smallest absolute Gasteiger partial charge is 0.306 e. The van der Waals surface area contributed by atoms with Crippen LogP contribution in [0.5, 0.6) is 0 Å². The lowest BCUT2D eigenvalue weighted by Gasteiger charge is -2.07. The van der Waals surface area contributed by atoms with E-state index >= 15 is 0 Å². The molecule has 0 N–H and O–H groups in total. The molecule has 2 rings (SSSR count). The van der Waals surface area contributed by atoms with E-state index in [1.807, 2.05) is 6.07 Å². The van der Waals surface area contributed by atoms with Crippen LogP contribution in [0.25, 0.3) is 0 Å². The van der Waals surface area contributed by atoms with Gasteiger partial charge in [-0.25, -0.2) is 0 Å². The van der Waals surface area contributed by atoms with Crippen LogP contribution in [0.4, 0.5) is 0 Å². The third-order valence-electron chi connectivity index (χ3n) is 2.99. The molecule has 0 aliphatic rings. The molecule has 0 amide bonds. The molecule has 0 spiro atoms. The van der Waals surface area contributed by atoms with Crippen molar-refractivity contribution in [3.63, 3.8) is 0 Å². The number of ether oxygens (including phenoxy) is 1. The van der Waals surface area contributed by atoms with Crippen LogP contribution in [-0.4, -0.2) is 11.0 Å². The van der Waals surface area contributed by atoms with Gasteiger partial charge in [0.05, 0.1) is 21.7 Å². The Morgan fingerprint density at radius 1 is 1.27 bits per heavy atom. The lowest BCUT2D eigenvalue weighted by molar-refractivity contribution is -0.144. The number of aromatic nitrogens is 1. The maximum atomic E-state index is 11.8. The van der Waals surface area contributed by atoms with Gasteiger partial charge in [0.15, 0.2) is 0 Å². The first-order chi connectivity index (χ1) is 10.6. The molecule has 4 nitrogen and oxygen atoms in total. The van der Waals surface area contributed by atoms with Crippen molar-refractivity contribution in [2.24, 2.45) is 0 Å². The van der Waals surface area contributed by atoms with Gasteiger partial charge in [0.1, 0.15) is 6.61 Å². The summed E-state index contributed by atoms with van der Waals surface area (Å²) in [7, 11) is 0. The average Bonchev–Trinajstić information content (AvgIpc) is 2.52. The van der Waals surface area contributed by atoms with Crippen molar-refractivity contribution in [3.8, 4) is 6.07 Å². The molecular weight excluding hydrogens is 323 g/mol. The number of carbonyl (C=O) groups is 1. The Balaban J connectivity index is 1.87. The monoisotopic (exact) mass is 334 g/mol. The molecule has 0 bridgehead atoms. The fourth-order valence-corrected chi connectivity index (χ4v) is 2.42. The van der Waals surface area contributed by atoms with Crippen molar-refractivity contribution in [1.82, 2.24) is 4.98 Å². The van der Waals surface area contributed by atoms with E-state index in [0.717, 1.165) is 5.56 Å². The van der Waals surface area contributed by atoms with Gasteiger partial charge >= 0.3 is 5.97 Å². The van der Waals surface area contributed by atoms with Crippen LogP contribution in [-0.2, 0) is 22.6 Å². The molecular formula is C16H12Cl2N2O2. The highest BCUT2D eigenvalue weighted by atomic mass is 35.5. The molecule has 0 radical (unpaired) electrons. The van der Waals surface area contributed by atoms with Crippen LogP contribution in [0, 0.1) is 11.3 Å². The predicted octanol–water partition coefficient (Wildman–Crippen LogP) is 3.94. The van der Waals surface area contributed by atoms with Crippen molar-refractivity contribution in [2.45, 2.75) is 19.4 Å². The number of pyridine rings is 1. The third-order valence-corrected chi connectivity index (χ3v) is 3.64. The minimum absolute atomic E-state index is 0.131. The van der Waals surface area contributed by atoms with E-state index < -0.39 is 0 Å². The molecule has 2 aromatic rings. The van der Waals surface area contributed by atoms with Crippen LogP contribution < -0.4 is 0 Å². The Bertz CT molecular complexity index is 706. The van der Waals surface area contributed by atoms with Crippen molar-refractivity contribution < 1.29 is 9.53 Å². The Hall–Kier alpha value is -2.09. The summed E-state index contributed by atoms with van der Waals surface area (Å²) in [5, 5.41) is 9.68. The van der Waals surface area contributed by atoms with Gasteiger partial charge in [0.2, 0.25) is 0 Å².